The van der Waals surface area contributed by atoms with Gasteiger partial charge in [-0.3, -0.25) is 0 Å². The second-order valence-corrected chi connectivity index (χ2v) is 5.59. The third kappa shape index (κ3) is 38.2. The summed E-state index contributed by atoms with van der Waals surface area (Å²) in [5, 5.41) is 15.2. The quantitative estimate of drug-likeness (QED) is 0.722. The molecule has 0 bridgehead atoms. The van der Waals surface area contributed by atoms with Gasteiger partial charge in [0.25, 0.3) is 0 Å². The minimum absolute atomic E-state index is 0.0273. The summed E-state index contributed by atoms with van der Waals surface area (Å²) < 4.78 is 5.92. The highest BCUT2D eigenvalue weighted by Gasteiger charge is 2.25. The first-order valence-corrected chi connectivity index (χ1v) is 7.63. The maximum Gasteiger partial charge on any atom is 0.0662 e. The molecule has 0 rings (SSSR count). The molecule has 0 aromatic heterocycles. The fraction of sp³-hybridized carbons (Fsp3) is 0.778. The summed E-state index contributed by atoms with van der Waals surface area (Å²) in [6.07, 6.45) is 5.63. The van der Waals surface area contributed by atoms with Crippen LogP contribution in [-0.2, 0) is 4.74 Å². The van der Waals surface area contributed by atoms with Crippen LogP contribution in [0.1, 0.15) is 68.2 Å². The second-order valence-electron chi connectivity index (χ2n) is 5.59. The maximum absolute atomic E-state index is 7.62. The van der Waals surface area contributed by atoms with Crippen LogP contribution < -0.4 is 0 Å². The van der Waals surface area contributed by atoms with E-state index in [-0.39, 0.29) is 24.4 Å². The van der Waals surface area contributed by atoms with Gasteiger partial charge in [0, 0.05) is 0 Å². The van der Waals surface area contributed by atoms with Crippen LogP contribution in [-0.4, -0.2) is 34.6 Å². The Kier molecular flexibility index (Phi) is 26.3. The minimum atomic E-state index is -0.125. The zero-order valence-electron chi connectivity index (χ0n) is 15.7. The molecule has 0 atom stereocenters. The summed E-state index contributed by atoms with van der Waals surface area (Å²) in [4.78, 5) is 0. The maximum atomic E-state index is 7.62. The molecular weight excluding hydrogens is 264 g/mol. The first-order chi connectivity index (χ1) is 9.57. The number of rotatable bonds is 5. The van der Waals surface area contributed by atoms with Gasteiger partial charge in [0.2, 0.25) is 0 Å². The Labute approximate surface area is 133 Å². The Morgan fingerprint density at radius 3 is 1.10 bits per heavy atom. The molecule has 0 unspecified atom stereocenters. The SMILES string of the molecule is C=CC.C=CC.CCC(C)(C)OC(C)(C)CC.OCCO. The van der Waals surface area contributed by atoms with Gasteiger partial charge < -0.3 is 14.9 Å². The van der Waals surface area contributed by atoms with Crippen LogP contribution in [0.25, 0.3) is 0 Å². The minimum Gasteiger partial charge on any atom is -0.394 e. The zero-order valence-corrected chi connectivity index (χ0v) is 15.7. The van der Waals surface area contributed by atoms with Crippen LogP contribution in [0.4, 0.5) is 0 Å². The van der Waals surface area contributed by atoms with E-state index in [1.54, 1.807) is 12.2 Å². The Balaban J connectivity index is -0.000000119. The predicted molar refractivity (Wildman–Crippen MR) is 95.7 cm³/mol. The van der Waals surface area contributed by atoms with Crippen molar-refractivity contribution in [3.05, 3.63) is 25.3 Å². The van der Waals surface area contributed by atoms with Gasteiger partial charge >= 0.3 is 0 Å². The molecule has 3 heteroatoms. The fourth-order valence-corrected chi connectivity index (χ4v) is 0.892. The van der Waals surface area contributed by atoms with E-state index in [1.165, 1.54) is 0 Å². The lowest BCUT2D eigenvalue weighted by Crippen LogP contribution is -2.35. The average molecular weight is 305 g/mol. The molecule has 0 aromatic rings. The van der Waals surface area contributed by atoms with Crippen LogP contribution in [0.5, 0.6) is 0 Å². The van der Waals surface area contributed by atoms with Crippen molar-refractivity contribution in [2.24, 2.45) is 0 Å². The lowest BCUT2D eigenvalue weighted by atomic mass is 10.0. The summed E-state index contributed by atoms with van der Waals surface area (Å²) in [5.74, 6) is 0. The van der Waals surface area contributed by atoms with E-state index >= 15 is 0 Å². The van der Waals surface area contributed by atoms with Gasteiger partial charge in [-0.2, -0.15) is 0 Å². The number of allylic oxidation sites excluding steroid dienone is 2. The summed E-state index contributed by atoms with van der Waals surface area (Å²) in [5.41, 5.74) is 0.0546. The highest BCUT2D eigenvalue weighted by Crippen LogP contribution is 2.24. The number of aliphatic hydroxyl groups is 2. The fourth-order valence-electron chi connectivity index (χ4n) is 0.892. The Morgan fingerprint density at radius 2 is 1.00 bits per heavy atom. The van der Waals surface area contributed by atoms with Crippen molar-refractivity contribution in [3.8, 4) is 0 Å². The molecule has 0 spiro atoms. The molecule has 0 aliphatic rings. The lowest BCUT2D eigenvalue weighted by molar-refractivity contribution is -0.124. The van der Waals surface area contributed by atoms with E-state index in [0.29, 0.717) is 0 Å². The zero-order chi connectivity index (χ0) is 17.9. The van der Waals surface area contributed by atoms with Crippen molar-refractivity contribution >= 4 is 0 Å². The van der Waals surface area contributed by atoms with Crippen LogP contribution in [0.15, 0.2) is 25.3 Å². The van der Waals surface area contributed by atoms with E-state index in [2.05, 4.69) is 54.7 Å². The molecule has 2 N–H and O–H groups in total. The molecule has 0 fully saturated rings. The van der Waals surface area contributed by atoms with Gasteiger partial charge in [-0.15, -0.1) is 13.2 Å². The van der Waals surface area contributed by atoms with Gasteiger partial charge in [0.15, 0.2) is 0 Å². The van der Waals surface area contributed by atoms with Crippen LogP contribution in [0.2, 0.25) is 0 Å². The third-order valence-electron chi connectivity index (χ3n) is 2.36. The first kappa shape index (κ1) is 28.5. The van der Waals surface area contributed by atoms with Gasteiger partial charge in [-0.1, -0.05) is 26.0 Å². The lowest BCUT2D eigenvalue weighted by Gasteiger charge is -2.34. The van der Waals surface area contributed by atoms with Crippen molar-refractivity contribution in [2.45, 2.75) is 79.4 Å². The summed E-state index contributed by atoms with van der Waals surface area (Å²) in [7, 11) is 0. The van der Waals surface area contributed by atoms with Crippen LogP contribution in [0, 0.1) is 0 Å². The van der Waals surface area contributed by atoms with E-state index < -0.39 is 0 Å². The summed E-state index contributed by atoms with van der Waals surface area (Å²) in [6.45, 7) is 23.1. The van der Waals surface area contributed by atoms with Crippen molar-refractivity contribution in [1.29, 1.82) is 0 Å². The van der Waals surface area contributed by atoms with Crippen molar-refractivity contribution in [3.63, 3.8) is 0 Å². The molecule has 0 saturated heterocycles. The molecule has 130 valence electrons. The number of ether oxygens (including phenoxy) is 1. The molecule has 0 amide bonds. The van der Waals surface area contributed by atoms with E-state index in [9.17, 15) is 0 Å². The van der Waals surface area contributed by atoms with Crippen molar-refractivity contribution < 1.29 is 14.9 Å². The number of hydrogen-bond acceptors (Lipinski definition) is 3. The molecule has 0 radical (unpaired) electrons. The van der Waals surface area contributed by atoms with Gasteiger partial charge in [0.1, 0.15) is 0 Å². The highest BCUT2D eigenvalue weighted by atomic mass is 16.5. The molecular formula is C18H40O3. The first-order valence-electron chi connectivity index (χ1n) is 7.63. The smallest absolute Gasteiger partial charge is 0.0662 e. The van der Waals surface area contributed by atoms with Gasteiger partial charge in [0.05, 0.1) is 24.4 Å². The van der Waals surface area contributed by atoms with E-state index in [4.69, 9.17) is 14.9 Å². The average Bonchev–Trinajstić information content (AvgIpc) is 2.40. The van der Waals surface area contributed by atoms with E-state index in [1.807, 2.05) is 13.8 Å². The standard InChI is InChI=1S/C10H22O.2C3H6.C2H6O2/c1-7-9(3,4)11-10(5,6)8-2;2*1-3-2;3-1-2-4/h7-8H2,1-6H3;2*3H,1H2,2H3;3-4H,1-2H2. The molecule has 3 nitrogen and oxygen atoms in total. The molecule has 21 heavy (non-hydrogen) atoms. The normalized spacial score (nSPS) is 9.81. The molecule has 0 aliphatic carbocycles. The largest absolute Gasteiger partial charge is 0.394 e. The van der Waals surface area contributed by atoms with Gasteiger partial charge in [-0.05, 0) is 54.4 Å². The molecule has 0 heterocycles. The van der Waals surface area contributed by atoms with Crippen molar-refractivity contribution in [1.82, 2.24) is 0 Å². The highest BCUT2D eigenvalue weighted by molar-refractivity contribution is 4.74. The Morgan fingerprint density at radius 1 is 0.810 bits per heavy atom. The number of hydrogen-bond donors (Lipinski definition) is 2. The van der Waals surface area contributed by atoms with Crippen LogP contribution >= 0.6 is 0 Å². The Bertz CT molecular complexity index is 187. The Hall–Kier alpha value is -0.640. The predicted octanol–water partition coefficient (Wildman–Crippen LogP) is 4.74. The topological polar surface area (TPSA) is 49.7 Å². The summed E-state index contributed by atoms with van der Waals surface area (Å²) in [6, 6.07) is 0. The second kappa shape index (κ2) is 19.4. The third-order valence-corrected chi connectivity index (χ3v) is 2.36. The summed E-state index contributed by atoms with van der Waals surface area (Å²) >= 11 is 0. The van der Waals surface area contributed by atoms with Crippen molar-refractivity contribution in [2.75, 3.05) is 13.2 Å². The van der Waals surface area contributed by atoms with Crippen LogP contribution in [0.3, 0.4) is 0 Å². The molecule has 0 saturated carbocycles. The van der Waals surface area contributed by atoms with E-state index in [0.717, 1.165) is 12.8 Å². The van der Waals surface area contributed by atoms with Gasteiger partial charge in [-0.25, -0.2) is 0 Å². The number of aliphatic hydroxyl groups excluding tert-OH is 2. The monoisotopic (exact) mass is 304 g/mol. The molecule has 0 aromatic carbocycles. The molecule has 0 aliphatic heterocycles.